The Hall–Kier alpha value is -3.17. The molecule has 3 aromatic rings. The van der Waals surface area contributed by atoms with Crippen LogP contribution in [0.15, 0.2) is 78.9 Å². The van der Waals surface area contributed by atoms with E-state index in [2.05, 4.69) is 47.8 Å². The van der Waals surface area contributed by atoms with Crippen LogP contribution in [0.4, 0.5) is 5.69 Å². The molecule has 0 radical (unpaired) electrons. The molecule has 0 fully saturated rings. The predicted molar refractivity (Wildman–Crippen MR) is 117 cm³/mol. The lowest BCUT2D eigenvalue weighted by Crippen LogP contribution is -2.28. The lowest BCUT2D eigenvalue weighted by atomic mass is 10.0. The van der Waals surface area contributed by atoms with Crippen molar-refractivity contribution in [2.45, 2.75) is 6.42 Å². The van der Waals surface area contributed by atoms with Crippen molar-refractivity contribution >= 4 is 17.7 Å². The van der Waals surface area contributed by atoms with E-state index in [4.69, 9.17) is 0 Å². The minimum absolute atomic E-state index is 0.0665. The summed E-state index contributed by atoms with van der Waals surface area (Å²) in [6.45, 7) is 1.58. The lowest BCUT2D eigenvalue weighted by Gasteiger charge is -2.18. The maximum atomic E-state index is 13.1. The summed E-state index contributed by atoms with van der Waals surface area (Å²) >= 11 is 0. The standard InChI is InChI=1S/C25H24N2O/c1-26-16-5-6-19-9-14-24-23(18-19)15-17-27(24)25(28)22-12-10-21(11-13-22)20-7-3-2-4-8-20/h2-14,18,26H,15-17H2,1H3/b6-5+. The molecule has 140 valence electrons. The van der Waals surface area contributed by atoms with E-state index in [0.717, 1.165) is 41.9 Å². The average Bonchev–Trinajstić information content (AvgIpc) is 3.17. The van der Waals surface area contributed by atoms with Crippen LogP contribution in [0.2, 0.25) is 0 Å². The minimum atomic E-state index is 0.0665. The maximum absolute atomic E-state index is 13.1. The third-order valence-electron chi connectivity index (χ3n) is 5.12. The largest absolute Gasteiger partial charge is 0.316 e. The summed E-state index contributed by atoms with van der Waals surface area (Å²) in [5.74, 6) is 0.0665. The molecule has 1 amide bonds. The Morgan fingerprint density at radius 1 is 1.00 bits per heavy atom. The molecule has 28 heavy (non-hydrogen) atoms. The zero-order valence-corrected chi connectivity index (χ0v) is 16.1. The van der Waals surface area contributed by atoms with Gasteiger partial charge in [0.25, 0.3) is 5.91 Å². The maximum Gasteiger partial charge on any atom is 0.258 e. The highest BCUT2D eigenvalue weighted by Crippen LogP contribution is 2.31. The number of amides is 1. The smallest absolute Gasteiger partial charge is 0.258 e. The van der Waals surface area contributed by atoms with Gasteiger partial charge in [0, 0.05) is 24.3 Å². The molecule has 0 bridgehead atoms. The first-order valence-electron chi connectivity index (χ1n) is 9.68. The van der Waals surface area contributed by atoms with Crippen LogP contribution in [0.3, 0.4) is 0 Å². The first-order chi connectivity index (χ1) is 13.8. The molecule has 0 saturated carbocycles. The third-order valence-corrected chi connectivity index (χ3v) is 5.12. The fourth-order valence-electron chi connectivity index (χ4n) is 3.64. The number of rotatable bonds is 5. The van der Waals surface area contributed by atoms with E-state index in [-0.39, 0.29) is 5.91 Å². The van der Waals surface area contributed by atoms with Crippen LogP contribution in [0.1, 0.15) is 21.5 Å². The van der Waals surface area contributed by atoms with E-state index >= 15 is 0 Å². The van der Waals surface area contributed by atoms with E-state index in [1.54, 1.807) is 0 Å². The molecule has 1 N–H and O–H groups in total. The quantitative estimate of drug-likeness (QED) is 0.702. The number of anilines is 1. The van der Waals surface area contributed by atoms with Crippen LogP contribution in [-0.4, -0.2) is 26.0 Å². The fourth-order valence-corrected chi connectivity index (χ4v) is 3.64. The third kappa shape index (κ3) is 3.75. The fraction of sp³-hybridized carbons (Fsp3) is 0.160. The summed E-state index contributed by atoms with van der Waals surface area (Å²) in [7, 11) is 1.93. The number of carbonyl (C=O) groups is 1. The molecule has 0 aliphatic carbocycles. The Morgan fingerprint density at radius 3 is 2.50 bits per heavy atom. The number of benzene rings is 3. The molecule has 3 heteroatoms. The molecular weight excluding hydrogens is 344 g/mol. The van der Waals surface area contributed by atoms with E-state index in [1.165, 1.54) is 11.1 Å². The monoisotopic (exact) mass is 368 g/mol. The Kier molecular flexibility index (Phi) is 5.36. The van der Waals surface area contributed by atoms with Crippen molar-refractivity contribution in [3.05, 3.63) is 95.6 Å². The molecule has 3 nitrogen and oxygen atoms in total. The first-order valence-corrected chi connectivity index (χ1v) is 9.68. The molecule has 0 spiro atoms. The topological polar surface area (TPSA) is 32.3 Å². The van der Waals surface area contributed by atoms with Crippen molar-refractivity contribution in [2.24, 2.45) is 0 Å². The van der Waals surface area contributed by atoms with Gasteiger partial charge in [-0.05, 0) is 60.0 Å². The van der Waals surface area contributed by atoms with Crippen molar-refractivity contribution < 1.29 is 4.79 Å². The molecule has 0 atom stereocenters. The van der Waals surface area contributed by atoms with E-state index in [0.29, 0.717) is 0 Å². The molecule has 3 aromatic carbocycles. The van der Waals surface area contributed by atoms with Crippen LogP contribution in [0, 0.1) is 0 Å². The number of hydrogen-bond acceptors (Lipinski definition) is 2. The Balaban J connectivity index is 1.52. The van der Waals surface area contributed by atoms with E-state index in [9.17, 15) is 4.79 Å². The van der Waals surface area contributed by atoms with Crippen molar-refractivity contribution in [1.82, 2.24) is 5.32 Å². The van der Waals surface area contributed by atoms with Crippen LogP contribution in [0.5, 0.6) is 0 Å². The van der Waals surface area contributed by atoms with Crippen molar-refractivity contribution in [3.63, 3.8) is 0 Å². The number of likely N-dealkylation sites (N-methyl/N-ethyl adjacent to an activating group) is 1. The number of carbonyl (C=O) groups excluding carboxylic acids is 1. The summed E-state index contributed by atoms with van der Waals surface area (Å²) < 4.78 is 0. The Labute approximate surface area is 166 Å². The summed E-state index contributed by atoms with van der Waals surface area (Å²) in [4.78, 5) is 15.0. The van der Waals surface area contributed by atoms with E-state index in [1.807, 2.05) is 54.4 Å². The lowest BCUT2D eigenvalue weighted by molar-refractivity contribution is 0.0989. The van der Waals surface area contributed by atoms with Gasteiger partial charge in [0.2, 0.25) is 0 Å². The second-order valence-electron chi connectivity index (χ2n) is 7.00. The zero-order valence-electron chi connectivity index (χ0n) is 16.1. The number of hydrogen-bond donors (Lipinski definition) is 1. The molecule has 4 rings (SSSR count). The summed E-state index contributed by atoms with van der Waals surface area (Å²) in [5, 5.41) is 3.11. The van der Waals surface area contributed by atoms with Gasteiger partial charge in [-0.2, -0.15) is 0 Å². The highest BCUT2D eigenvalue weighted by molar-refractivity contribution is 6.07. The number of nitrogens with one attached hydrogen (secondary N) is 1. The first kappa shape index (κ1) is 18.2. The average molecular weight is 368 g/mol. The van der Waals surface area contributed by atoms with E-state index < -0.39 is 0 Å². The minimum Gasteiger partial charge on any atom is -0.316 e. The molecular formula is C25H24N2O. The Bertz CT molecular complexity index is 991. The van der Waals surface area contributed by atoms with Crippen LogP contribution in [0.25, 0.3) is 17.2 Å². The molecule has 0 saturated heterocycles. The van der Waals surface area contributed by atoms with Crippen LogP contribution >= 0.6 is 0 Å². The van der Waals surface area contributed by atoms with Gasteiger partial charge in [-0.15, -0.1) is 0 Å². The second kappa shape index (κ2) is 8.24. The number of fused-ring (bicyclic) bond motifs is 1. The molecule has 0 aromatic heterocycles. The highest BCUT2D eigenvalue weighted by atomic mass is 16.2. The number of nitrogens with zero attached hydrogens (tertiary/aromatic N) is 1. The molecule has 1 heterocycles. The van der Waals surface area contributed by atoms with Crippen LogP contribution in [-0.2, 0) is 6.42 Å². The van der Waals surface area contributed by atoms with Gasteiger partial charge >= 0.3 is 0 Å². The van der Waals surface area contributed by atoms with Gasteiger partial charge in [0.15, 0.2) is 0 Å². The van der Waals surface area contributed by atoms with Crippen LogP contribution < -0.4 is 10.2 Å². The van der Waals surface area contributed by atoms with Crippen molar-refractivity contribution in [2.75, 3.05) is 25.0 Å². The van der Waals surface area contributed by atoms with Gasteiger partial charge < -0.3 is 10.2 Å². The summed E-state index contributed by atoms with van der Waals surface area (Å²) in [6, 6.07) is 24.5. The van der Waals surface area contributed by atoms with Gasteiger partial charge in [0.05, 0.1) is 0 Å². The predicted octanol–water partition coefficient (Wildman–Crippen LogP) is 4.79. The van der Waals surface area contributed by atoms with Gasteiger partial charge in [-0.1, -0.05) is 60.7 Å². The summed E-state index contributed by atoms with van der Waals surface area (Å²) in [6.07, 6.45) is 5.12. The molecule has 1 aliphatic heterocycles. The highest BCUT2D eigenvalue weighted by Gasteiger charge is 2.25. The SMILES string of the molecule is CNC/C=C/c1ccc2c(c1)CCN2C(=O)c1ccc(-c2ccccc2)cc1. The van der Waals surface area contributed by atoms with Gasteiger partial charge in [-0.25, -0.2) is 0 Å². The van der Waals surface area contributed by atoms with Crippen molar-refractivity contribution in [3.8, 4) is 11.1 Å². The van der Waals surface area contributed by atoms with Gasteiger partial charge in [0.1, 0.15) is 0 Å². The van der Waals surface area contributed by atoms with Gasteiger partial charge in [-0.3, -0.25) is 4.79 Å². The van der Waals surface area contributed by atoms with Crippen molar-refractivity contribution in [1.29, 1.82) is 0 Å². The molecule has 1 aliphatic rings. The normalized spacial score (nSPS) is 13.1. The molecule has 0 unspecified atom stereocenters. The summed E-state index contributed by atoms with van der Waals surface area (Å²) in [5.41, 5.74) is 6.45. The second-order valence-corrected chi connectivity index (χ2v) is 7.00. The zero-order chi connectivity index (χ0) is 19.3. The Morgan fingerprint density at radius 2 is 1.75 bits per heavy atom.